The van der Waals surface area contributed by atoms with Gasteiger partial charge in [-0.3, -0.25) is 0 Å². The van der Waals surface area contributed by atoms with E-state index in [9.17, 15) is 8.78 Å². The van der Waals surface area contributed by atoms with Crippen LogP contribution in [-0.2, 0) is 0 Å². The van der Waals surface area contributed by atoms with Gasteiger partial charge in [0.2, 0.25) is 0 Å². The molecule has 0 aromatic heterocycles. The highest BCUT2D eigenvalue weighted by Crippen LogP contribution is 2.29. The van der Waals surface area contributed by atoms with Gasteiger partial charge in [0, 0.05) is 0 Å². The highest BCUT2D eigenvalue weighted by molar-refractivity contribution is 5.23. The van der Waals surface area contributed by atoms with E-state index in [1.807, 2.05) is 6.92 Å². The lowest BCUT2D eigenvalue weighted by Gasteiger charge is -2.21. The number of hydrogen-bond donors (Lipinski definition) is 2. The second kappa shape index (κ2) is 6.67. The molecule has 0 saturated carbocycles. The van der Waals surface area contributed by atoms with Gasteiger partial charge in [-0.25, -0.2) is 8.78 Å². The van der Waals surface area contributed by atoms with Gasteiger partial charge in [0.25, 0.3) is 0 Å². The fourth-order valence-corrected chi connectivity index (χ4v) is 2.04. The van der Waals surface area contributed by atoms with Gasteiger partial charge in [-0.2, -0.15) is 0 Å². The summed E-state index contributed by atoms with van der Waals surface area (Å²) < 4.78 is 26.8. The minimum Gasteiger partial charge on any atom is -0.330 e. The summed E-state index contributed by atoms with van der Waals surface area (Å²) in [5.41, 5.74) is 11.6. The predicted octanol–water partition coefficient (Wildman–Crippen LogP) is 2.38. The summed E-state index contributed by atoms with van der Waals surface area (Å²) in [6.07, 6.45) is 1.45. The summed E-state index contributed by atoms with van der Waals surface area (Å²) in [5.74, 6) is -1.41. The molecule has 4 N–H and O–H groups in total. The Morgan fingerprint density at radius 2 is 1.82 bits per heavy atom. The maximum absolute atomic E-state index is 13.7. The minimum absolute atomic E-state index is 0.0252. The standard InChI is InChI=1S/C13H20F2N2/c1-2-10(6-9(7-16)8-17)11-4-3-5-12(14)13(11)15/h3-5,9-10H,2,6-8,16-17H2,1H3. The average molecular weight is 242 g/mol. The van der Waals surface area contributed by atoms with Crippen LogP contribution < -0.4 is 11.5 Å². The van der Waals surface area contributed by atoms with Gasteiger partial charge in [0.1, 0.15) is 0 Å². The van der Waals surface area contributed by atoms with E-state index in [2.05, 4.69) is 0 Å². The first-order valence-corrected chi connectivity index (χ1v) is 5.98. The summed E-state index contributed by atoms with van der Waals surface area (Å²) in [6, 6.07) is 4.31. The zero-order valence-corrected chi connectivity index (χ0v) is 10.1. The van der Waals surface area contributed by atoms with Crippen molar-refractivity contribution >= 4 is 0 Å². The van der Waals surface area contributed by atoms with Crippen LogP contribution in [0.25, 0.3) is 0 Å². The van der Waals surface area contributed by atoms with Crippen LogP contribution in [0.4, 0.5) is 8.78 Å². The minimum atomic E-state index is -0.794. The predicted molar refractivity (Wildman–Crippen MR) is 65.6 cm³/mol. The molecule has 0 spiro atoms. The zero-order chi connectivity index (χ0) is 12.8. The Labute approximate surface area is 101 Å². The molecule has 0 aliphatic rings. The first kappa shape index (κ1) is 14.1. The maximum atomic E-state index is 13.7. The molecular weight excluding hydrogens is 222 g/mol. The van der Waals surface area contributed by atoms with Gasteiger partial charge in [-0.1, -0.05) is 19.1 Å². The van der Waals surface area contributed by atoms with Crippen molar-refractivity contribution < 1.29 is 8.78 Å². The van der Waals surface area contributed by atoms with Crippen LogP contribution in [0.15, 0.2) is 18.2 Å². The van der Waals surface area contributed by atoms with Crippen LogP contribution in [0, 0.1) is 17.6 Å². The Hall–Kier alpha value is -1.00. The van der Waals surface area contributed by atoms with E-state index in [4.69, 9.17) is 11.5 Å². The molecule has 0 heterocycles. The van der Waals surface area contributed by atoms with Crippen LogP contribution in [0.5, 0.6) is 0 Å². The quantitative estimate of drug-likeness (QED) is 0.804. The molecule has 0 saturated heterocycles. The fraction of sp³-hybridized carbons (Fsp3) is 0.538. The van der Waals surface area contributed by atoms with E-state index in [-0.39, 0.29) is 11.8 Å². The van der Waals surface area contributed by atoms with E-state index < -0.39 is 11.6 Å². The zero-order valence-electron chi connectivity index (χ0n) is 10.1. The lowest BCUT2D eigenvalue weighted by molar-refractivity contribution is 0.421. The molecule has 1 aromatic carbocycles. The molecule has 0 radical (unpaired) electrons. The number of halogens is 2. The molecule has 4 heteroatoms. The first-order chi connectivity index (χ1) is 8.13. The molecule has 1 atom stereocenters. The van der Waals surface area contributed by atoms with Crippen LogP contribution in [0.3, 0.4) is 0 Å². The van der Waals surface area contributed by atoms with Crippen molar-refractivity contribution in [1.82, 2.24) is 0 Å². The Morgan fingerprint density at radius 1 is 1.18 bits per heavy atom. The van der Waals surface area contributed by atoms with Crippen molar-refractivity contribution in [3.05, 3.63) is 35.4 Å². The van der Waals surface area contributed by atoms with Gasteiger partial charge in [-0.15, -0.1) is 0 Å². The van der Waals surface area contributed by atoms with Crippen LogP contribution in [-0.4, -0.2) is 13.1 Å². The van der Waals surface area contributed by atoms with Crippen molar-refractivity contribution in [2.75, 3.05) is 13.1 Å². The van der Waals surface area contributed by atoms with Crippen molar-refractivity contribution in [1.29, 1.82) is 0 Å². The Kier molecular flexibility index (Phi) is 5.51. The van der Waals surface area contributed by atoms with Gasteiger partial charge >= 0.3 is 0 Å². The summed E-state index contributed by atoms with van der Waals surface area (Å²) in [4.78, 5) is 0. The molecule has 0 aliphatic heterocycles. The lowest BCUT2D eigenvalue weighted by Crippen LogP contribution is -2.25. The van der Waals surface area contributed by atoms with E-state index in [0.29, 0.717) is 25.1 Å². The van der Waals surface area contributed by atoms with Gasteiger partial charge < -0.3 is 11.5 Å². The molecule has 1 unspecified atom stereocenters. The molecule has 0 bridgehead atoms. The van der Waals surface area contributed by atoms with E-state index >= 15 is 0 Å². The highest BCUT2D eigenvalue weighted by Gasteiger charge is 2.19. The number of hydrogen-bond acceptors (Lipinski definition) is 2. The monoisotopic (exact) mass is 242 g/mol. The molecule has 0 aliphatic carbocycles. The van der Waals surface area contributed by atoms with Gasteiger partial charge in [-0.05, 0) is 49.4 Å². The van der Waals surface area contributed by atoms with E-state index in [0.717, 1.165) is 12.5 Å². The highest BCUT2D eigenvalue weighted by atomic mass is 19.2. The molecular formula is C13H20F2N2. The molecule has 0 fully saturated rings. The van der Waals surface area contributed by atoms with Crippen molar-refractivity contribution in [3.63, 3.8) is 0 Å². The largest absolute Gasteiger partial charge is 0.330 e. The Morgan fingerprint density at radius 3 is 2.35 bits per heavy atom. The van der Waals surface area contributed by atoms with Gasteiger partial charge in [0.15, 0.2) is 11.6 Å². The van der Waals surface area contributed by atoms with Crippen LogP contribution in [0.1, 0.15) is 31.2 Å². The number of benzene rings is 1. The first-order valence-electron chi connectivity index (χ1n) is 5.98. The second-order valence-corrected chi connectivity index (χ2v) is 4.32. The molecule has 2 nitrogen and oxygen atoms in total. The molecule has 1 rings (SSSR count). The number of rotatable bonds is 6. The van der Waals surface area contributed by atoms with E-state index in [1.54, 1.807) is 6.07 Å². The molecule has 1 aromatic rings. The maximum Gasteiger partial charge on any atom is 0.162 e. The van der Waals surface area contributed by atoms with Crippen molar-refractivity contribution in [3.8, 4) is 0 Å². The average Bonchev–Trinajstić information content (AvgIpc) is 2.35. The fourth-order valence-electron chi connectivity index (χ4n) is 2.04. The third-order valence-corrected chi connectivity index (χ3v) is 3.20. The summed E-state index contributed by atoms with van der Waals surface area (Å²) in [7, 11) is 0. The SMILES string of the molecule is CCC(CC(CN)CN)c1cccc(F)c1F. The molecule has 17 heavy (non-hydrogen) atoms. The van der Waals surface area contributed by atoms with E-state index in [1.165, 1.54) is 6.07 Å². The topological polar surface area (TPSA) is 52.0 Å². The third-order valence-electron chi connectivity index (χ3n) is 3.20. The smallest absolute Gasteiger partial charge is 0.162 e. The van der Waals surface area contributed by atoms with Crippen LogP contribution >= 0.6 is 0 Å². The lowest BCUT2D eigenvalue weighted by atomic mass is 9.86. The molecule has 0 amide bonds. The summed E-state index contributed by atoms with van der Waals surface area (Å²) in [5, 5.41) is 0. The molecule has 96 valence electrons. The number of nitrogens with two attached hydrogens (primary N) is 2. The third kappa shape index (κ3) is 3.48. The normalized spacial score (nSPS) is 13.1. The van der Waals surface area contributed by atoms with Crippen molar-refractivity contribution in [2.24, 2.45) is 17.4 Å². The Bertz CT molecular complexity index is 351. The van der Waals surface area contributed by atoms with Crippen molar-refractivity contribution in [2.45, 2.75) is 25.7 Å². The van der Waals surface area contributed by atoms with Crippen LogP contribution in [0.2, 0.25) is 0 Å². The Balaban J connectivity index is 2.89. The van der Waals surface area contributed by atoms with Gasteiger partial charge in [0.05, 0.1) is 0 Å². The summed E-state index contributed by atoms with van der Waals surface area (Å²) in [6.45, 7) is 2.91. The summed E-state index contributed by atoms with van der Waals surface area (Å²) >= 11 is 0. The second-order valence-electron chi connectivity index (χ2n) is 4.32.